The van der Waals surface area contributed by atoms with Gasteiger partial charge in [0.15, 0.2) is 5.43 Å². The highest BCUT2D eigenvalue weighted by Crippen LogP contribution is 2.37. The summed E-state index contributed by atoms with van der Waals surface area (Å²) >= 11 is 6.96. The number of fused-ring (bicyclic) bond motifs is 1. The standard InChI is InChI=1S/C31H34ClFN6O/c1-36(23-6-3-2-4-7-23)21-22-8-10-24(11-9-22)39-15-12-27(40)25-20-26(33)30(28(32)29(25)39)37-16-18-38(19-17-37)31-34-13-5-14-35-31/h5,8-15,20,23H,2-4,6-7,16-19,21H2,1H3. The molecule has 2 aromatic heterocycles. The summed E-state index contributed by atoms with van der Waals surface area (Å²) in [6.07, 6.45) is 11.7. The summed E-state index contributed by atoms with van der Waals surface area (Å²) < 4.78 is 17.4. The molecule has 208 valence electrons. The summed E-state index contributed by atoms with van der Waals surface area (Å²) in [5, 5.41) is 0.518. The van der Waals surface area contributed by atoms with Gasteiger partial charge in [0, 0.05) is 69.1 Å². The molecule has 0 N–H and O–H groups in total. The van der Waals surface area contributed by atoms with Crippen LogP contribution in [0.1, 0.15) is 37.7 Å². The van der Waals surface area contributed by atoms with Crippen LogP contribution in [0, 0.1) is 5.82 Å². The Hall–Kier alpha value is -3.49. The predicted octanol–water partition coefficient (Wildman–Crippen LogP) is 5.66. The molecule has 2 aromatic carbocycles. The average Bonchev–Trinajstić information content (AvgIpc) is 2.99. The number of pyridine rings is 1. The third kappa shape index (κ3) is 5.30. The number of benzene rings is 2. The van der Waals surface area contributed by atoms with Crippen molar-refractivity contribution < 1.29 is 4.39 Å². The van der Waals surface area contributed by atoms with Gasteiger partial charge >= 0.3 is 0 Å². The highest BCUT2D eigenvalue weighted by atomic mass is 35.5. The molecule has 2 fully saturated rings. The van der Waals surface area contributed by atoms with Gasteiger partial charge in [-0.1, -0.05) is 43.0 Å². The smallest absolute Gasteiger partial charge is 0.225 e. The van der Waals surface area contributed by atoms with E-state index in [-0.39, 0.29) is 15.8 Å². The maximum absolute atomic E-state index is 15.5. The van der Waals surface area contributed by atoms with Gasteiger partial charge in [-0.2, -0.15) is 0 Å². The van der Waals surface area contributed by atoms with Crippen LogP contribution < -0.4 is 15.2 Å². The normalized spacial score (nSPS) is 16.7. The van der Waals surface area contributed by atoms with Crippen LogP contribution in [0.5, 0.6) is 0 Å². The zero-order valence-electron chi connectivity index (χ0n) is 22.8. The third-order valence-electron chi connectivity index (χ3n) is 8.32. The highest BCUT2D eigenvalue weighted by Gasteiger charge is 2.26. The Morgan fingerprint density at radius 1 is 0.975 bits per heavy atom. The lowest BCUT2D eigenvalue weighted by Gasteiger charge is -2.36. The number of hydrogen-bond donors (Lipinski definition) is 0. The molecule has 2 aliphatic rings. The van der Waals surface area contributed by atoms with E-state index >= 15 is 4.39 Å². The molecule has 0 amide bonds. The van der Waals surface area contributed by atoms with Gasteiger partial charge in [-0.3, -0.25) is 9.69 Å². The first-order valence-corrected chi connectivity index (χ1v) is 14.5. The zero-order chi connectivity index (χ0) is 27.6. The molecule has 6 rings (SSSR count). The van der Waals surface area contributed by atoms with Crippen LogP contribution in [0.3, 0.4) is 0 Å². The minimum Gasteiger partial charge on any atom is -0.364 e. The van der Waals surface area contributed by atoms with Gasteiger partial charge in [-0.25, -0.2) is 14.4 Å². The Balaban J connectivity index is 1.28. The first-order valence-electron chi connectivity index (χ1n) is 14.1. The quantitative estimate of drug-likeness (QED) is 0.303. The lowest BCUT2D eigenvalue weighted by molar-refractivity contribution is 0.184. The molecular formula is C31H34ClFN6O. The Morgan fingerprint density at radius 3 is 2.35 bits per heavy atom. The molecule has 7 nitrogen and oxygen atoms in total. The van der Waals surface area contributed by atoms with Crippen LogP contribution in [-0.2, 0) is 6.54 Å². The van der Waals surface area contributed by atoms with E-state index in [4.69, 9.17) is 11.6 Å². The second-order valence-corrected chi connectivity index (χ2v) is 11.2. The van der Waals surface area contributed by atoms with Gasteiger partial charge in [0.1, 0.15) is 5.82 Å². The van der Waals surface area contributed by atoms with Crippen LogP contribution >= 0.6 is 11.6 Å². The summed E-state index contributed by atoms with van der Waals surface area (Å²) in [6, 6.07) is 13.6. The molecule has 0 unspecified atom stereocenters. The van der Waals surface area contributed by atoms with Crippen LogP contribution in [-0.4, -0.2) is 58.7 Å². The molecule has 1 aliphatic heterocycles. The largest absolute Gasteiger partial charge is 0.364 e. The fourth-order valence-corrected chi connectivity index (χ4v) is 6.52. The van der Waals surface area contributed by atoms with Gasteiger partial charge in [0.05, 0.1) is 21.6 Å². The summed E-state index contributed by atoms with van der Waals surface area (Å²) in [6.45, 7) is 3.28. The summed E-state index contributed by atoms with van der Waals surface area (Å²) in [4.78, 5) is 27.9. The topological polar surface area (TPSA) is 57.5 Å². The molecule has 9 heteroatoms. The predicted molar refractivity (Wildman–Crippen MR) is 159 cm³/mol. The van der Waals surface area contributed by atoms with E-state index in [0.717, 1.165) is 12.2 Å². The first-order chi connectivity index (χ1) is 19.5. The molecule has 1 aliphatic carbocycles. The summed E-state index contributed by atoms with van der Waals surface area (Å²) in [5.74, 6) is 0.173. The van der Waals surface area contributed by atoms with Crippen molar-refractivity contribution in [2.45, 2.75) is 44.7 Å². The van der Waals surface area contributed by atoms with E-state index < -0.39 is 5.82 Å². The zero-order valence-corrected chi connectivity index (χ0v) is 23.5. The lowest BCUT2D eigenvalue weighted by atomic mass is 9.94. The highest BCUT2D eigenvalue weighted by molar-refractivity contribution is 6.38. The maximum Gasteiger partial charge on any atom is 0.225 e. The van der Waals surface area contributed by atoms with Crippen molar-refractivity contribution >= 4 is 34.1 Å². The fourth-order valence-electron chi connectivity index (χ4n) is 6.12. The number of anilines is 2. The Labute approximate surface area is 238 Å². The molecule has 0 atom stereocenters. The summed E-state index contributed by atoms with van der Waals surface area (Å²) in [7, 11) is 2.21. The van der Waals surface area contributed by atoms with Crippen molar-refractivity contribution in [2.75, 3.05) is 43.0 Å². The second kappa shape index (κ2) is 11.6. The van der Waals surface area contributed by atoms with E-state index in [1.165, 1.54) is 49.8 Å². The van der Waals surface area contributed by atoms with Crippen LogP contribution in [0.4, 0.5) is 16.0 Å². The number of halogens is 2. The number of aromatic nitrogens is 3. The van der Waals surface area contributed by atoms with Gasteiger partial charge in [0.25, 0.3) is 0 Å². The van der Waals surface area contributed by atoms with E-state index in [1.807, 2.05) is 21.6 Å². The van der Waals surface area contributed by atoms with Crippen molar-refractivity contribution in [1.82, 2.24) is 19.4 Å². The maximum atomic E-state index is 15.5. The van der Waals surface area contributed by atoms with E-state index in [0.29, 0.717) is 49.4 Å². The van der Waals surface area contributed by atoms with Crippen molar-refractivity contribution in [1.29, 1.82) is 0 Å². The van der Waals surface area contributed by atoms with Crippen molar-refractivity contribution in [3.8, 4) is 5.69 Å². The molecule has 0 radical (unpaired) electrons. The Morgan fingerprint density at radius 2 is 1.65 bits per heavy atom. The molecule has 0 spiro atoms. The van der Waals surface area contributed by atoms with Gasteiger partial charge in [0.2, 0.25) is 5.95 Å². The average molecular weight is 561 g/mol. The fraction of sp³-hybridized carbons (Fsp3) is 0.387. The number of hydrogen-bond acceptors (Lipinski definition) is 6. The molecule has 1 saturated carbocycles. The van der Waals surface area contributed by atoms with Crippen molar-refractivity contribution in [2.24, 2.45) is 0 Å². The molecule has 3 heterocycles. The number of rotatable bonds is 6. The minimum absolute atomic E-state index is 0.248. The van der Waals surface area contributed by atoms with Crippen LogP contribution in [0.2, 0.25) is 5.02 Å². The number of nitrogens with zero attached hydrogens (tertiary/aromatic N) is 6. The Bertz CT molecular complexity index is 1530. The van der Waals surface area contributed by atoms with E-state index in [2.05, 4.69) is 38.9 Å². The molecule has 40 heavy (non-hydrogen) atoms. The first kappa shape index (κ1) is 26.7. The molecule has 4 aromatic rings. The van der Waals surface area contributed by atoms with Crippen LogP contribution in [0.15, 0.2) is 65.8 Å². The number of piperazine rings is 1. The second-order valence-electron chi connectivity index (χ2n) is 10.9. The monoisotopic (exact) mass is 560 g/mol. The van der Waals surface area contributed by atoms with Crippen molar-refractivity contribution in [3.05, 3.63) is 87.7 Å². The molecular weight excluding hydrogens is 527 g/mol. The van der Waals surface area contributed by atoms with Gasteiger partial charge in [-0.15, -0.1) is 0 Å². The molecule has 0 bridgehead atoms. The van der Waals surface area contributed by atoms with Gasteiger partial charge < -0.3 is 14.4 Å². The molecule has 1 saturated heterocycles. The Kier molecular flexibility index (Phi) is 7.71. The third-order valence-corrected chi connectivity index (χ3v) is 8.68. The minimum atomic E-state index is -0.488. The van der Waals surface area contributed by atoms with Crippen LogP contribution in [0.25, 0.3) is 16.6 Å². The lowest BCUT2D eigenvalue weighted by Crippen LogP contribution is -2.47. The van der Waals surface area contributed by atoms with Gasteiger partial charge in [-0.05, 0) is 49.7 Å². The van der Waals surface area contributed by atoms with E-state index in [1.54, 1.807) is 24.7 Å². The summed E-state index contributed by atoms with van der Waals surface area (Å²) in [5.41, 5.74) is 2.70. The van der Waals surface area contributed by atoms with Crippen molar-refractivity contribution in [3.63, 3.8) is 0 Å². The van der Waals surface area contributed by atoms with E-state index in [9.17, 15) is 4.79 Å². The SMILES string of the molecule is CN(Cc1ccc(-n2ccc(=O)c3cc(F)c(N4CCN(c5ncccn5)CC4)c(Cl)c32)cc1)C1CCCCC1.